The van der Waals surface area contributed by atoms with E-state index in [0.717, 1.165) is 36.0 Å². The van der Waals surface area contributed by atoms with Gasteiger partial charge < -0.3 is 15.2 Å². The molecule has 0 unspecified atom stereocenters. The molecule has 5 heteroatoms. The topological polar surface area (TPSA) is 58.6 Å². The Labute approximate surface area is 121 Å². The van der Waals surface area contributed by atoms with Gasteiger partial charge in [0.05, 0.1) is 18.8 Å². The Bertz CT molecular complexity index is 458. The number of benzene rings is 1. The number of hydrogen-bond acceptors (Lipinski definition) is 4. The number of esters is 1. The van der Waals surface area contributed by atoms with Crippen molar-refractivity contribution < 1.29 is 14.6 Å². The Balaban J connectivity index is 1.85. The molecule has 0 heterocycles. The van der Waals surface area contributed by atoms with Gasteiger partial charge in [-0.15, -0.1) is 0 Å². The molecule has 1 aliphatic carbocycles. The van der Waals surface area contributed by atoms with E-state index >= 15 is 0 Å². The number of nitrogens with one attached hydrogen (secondary N) is 1. The Morgan fingerprint density at radius 1 is 1.53 bits per heavy atom. The van der Waals surface area contributed by atoms with E-state index in [2.05, 4.69) is 26.0 Å². The van der Waals surface area contributed by atoms with Gasteiger partial charge in [-0.1, -0.05) is 22.0 Å². The van der Waals surface area contributed by atoms with Gasteiger partial charge in [-0.3, -0.25) is 0 Å². The third-order valence-electron chi connectivity index (χ3n) is 3.43. The van der Waals surface area contributed by atoms with Crippen LogP contribution in [0.3, 0.4) is 0 Å². The summed E-state index contributed by atoms with van der Waals surface area (Å²) in [5, 5.41) is 12.6. The average molecular weight is 328 g/mol. The van der Waals surface area contributed by atoms with E-state index in [1.165, 1.54) is 7.11 Å². The van der Waals surface area contributed by atoms with Crippen molar-refractivity contribution in [2.45, 2.75) is 25.5 Å². The van der Waals surface area contributed by atoms with Crippen LogP contribution in [0, 0.1) is 5.92 Å². The van der Waals surface area contributed by atoms with Crippen LogP contribution in [0.5, 0.6) is 0 Å². The first kappa shape index (κ1) is 14.5. The fourth-order valence-electron chi connectivity index (χ4n) is 2.21. The zero-order valence-electron chi connectivity index (χ0n) is 10.9. The van der Waals surface area contributed by atoms with Gasteiger partial charge in [-0.05, 0) is 43.0 Å². The summed E-state index contributed by atoms with van der Waals surface area (Å²) in [6.07, 6.45) is 1.70. The van der Waals surface area contributed by atoms with Crippen molar-refractivity contribution in [1.29, 1.82) is 0 Å². The van der Waals surface area contributed by atoms with Gasteiger partial charge in [-0.25, -0.2) is 4.79 Å². The van der Waals surface area contributed by atoms with Crippen LogP contribution >= 0.6 is 15.9 Å². The highest BCUT2D eigenvalue weighted by molar-refractivity contribution is 9.10. The smallest absolute Gasteiger partial charge is 0.337 e. The van der Waals surface area contributed by atoms with Crippen LogP contribution in [0.15, 0.2) is 22.7 Å². The van der Waals surface area contributed by atoms with Crippen LogP contribution < -0.4 is 5.32 Å². The summed E-state index contributed by atoms with van der Waals surface area (Å²) >= 11 is 3.46. The molecule has 0 aromatic heterocycles. The maximum absolute atomic E-state index is 11.4. The number of methoxy groups -OCH3 is 1. The zero-order chi connectivity index (χ0) is 13.8. The number of hydrogen-bond donors (Lipinski definition) is 2. The summed E-state index contributed by atoms with van der Waals surface area (Å²) in [4.78, 5) is 11.4. The van der Waals surface area contributed by atoms with E-state index in [4.69, 9.17) is 0 Å². The van der Waals surface area contributed by atoms with Crippen molar-refractivity contribution in [2.24, 2.45) is 5.92 Å². The second-order valence-corrected chi connectivity index (χ2v) is 5.77. The largest absolute Gasteiger partial charge is 0.465 e. The summed E-state index contributed by atoms with van der Waals surface area (Å²) < 4.78 is 5.58. The van der Waals surface area contributed by atoms with Crippen molar-refractivity contribution in [3.63, 3.8) is 0 Å². The van der Waals surface area contributed by atoms with Crippen LogP contribution in [0.25, 0.3) is 0 Å². The minimum absolute atomic E-state index is 0.0992. The molecule has 1 aliphatic rings. The molecule has 1 saturated carbocycles. The fraction of sp³-hybridized carbons (Fsp3) is 0.500. The molecule has 0 spiro atoms. The summed E-state index contributed by atoms with van der Waals surface area (Å²) in [5.41, 5.74) is 1.65. The fourth-order valence-corrected chi connectivity index (χ4v) is 2.73. The Morgan fingerprint density at radius 3 is 2.84 bits per heavy atom. The molecule has 2 rings (SSSR count). The third-order valence-corrected chi connectivity index (χ3v) is 4.17. The number of carbonyl (C=O) groups is 1. The van der Waals surface area contributed by atoms with E-state index in [9.17, 15) is 9.90 Å². The van der Waals surface area contributed by atoms with Crippen molar-refractivity contribution in [2.75, 3.05) is 13.7 Å². The standard InChI is InChI=1S/C14H18BrNO3/c1-19-14(18)10-2-3-11(13(15)6-10)8-16-7-9-4-12(17)5-9/h2-3,6,9,12,16-17H,4-5,7-8H2,1H3. The zero-order valence-corrected chi connectivity index (χ0v) is 12.4. The second kappa shape index (κ2) is 6.50. The SMILES string of the molecule is COC(=O)c1ccc(CNCC2CC(O)C2)c(Br)c1. The van der Waals surface area contributed by atoms with Crippen molar-refractivity contribution in [3.05, 3.63) is 33.8 Å². The van der Waals surface area contributed by atoms with Crippen LogP contribution in [0.1, 0.15) is 28.8 Å². The predicted molar refractivity (Wildman–Crippen MR) is 75.9 cm³/mol. The van der Waals surface area contributed by atoms with Gasteiger partial charge in [0.1, 0.15) is 0 Å². The number of aliphatic hydroxyl groups is 1. The van der Waals surface area contributed by atoms with Crippen LogP contribution in [0.4, 0.5) is 0 Å². The van der Waals surface area contributed by atoms with Gasteiger partial charge in [0.2, 0.25) is 0 Å². The molecule has 19 heavy (non-hydrogen) atoms. The highest BCUT2D eigenvalue weighted by Gasteiger charge is 2.26. The van der Waals surface area contributed by atoms with E-state index in [1.807, 2.05) is 6.07 Å². The molecule has 0 aliphatic heterocycles. The van der Waals surface area contributed by atoms with Crippen molar-refractivity contribution in [1.82, 2.24) is 5.32 Å². The number of carbonyl (C=O) groups excluding carboxylic acids is 1. The highest BCUT2D eigenvalue weighted by atomic mass is 79.9. The first-order valence-electron chi connectivity index (χ1n) is 6.35. The van der Waals surface area contributed by atoms with Crippen LogP contribution in [-0.4, -0.2) is 30.8 Å². The maximum Gasteiger partial charge on any atom is 0.337 e. The van der Waals surface area contributed by atoms with Gasteiger partial charge in [0, 0.05) is 11.0 Å². The Hall–Kier alpha value is -0.910. The molecule has 1 aromatic rings. The summed E-state index contributed by atoms with van der Waals surface area (Å²) in [7, 11) is 1.37. The van der Waals surface area contributed by atoms with Crippen molar-refractivity contribution >= 4 is 21.9 Å². The van der Waals surface area contributed by atoms with Gasteiger partial charge in [0.15, 0.2) is 0 Å². The Morgan fingerprint density at radius 2 is 2.26 bits per heavy atom. The van der Waals surface area contributed by atoms with E-state index in [1.54, 1.807) is 12.1 Å². The normalized spacial score (nSPS) is 21.8. The molecule has 2 N–H and O–H groups in total. The van der Waals surface area contributed by atoms with Gasteiger partial charge in [-0.2, -0.15) is 0 Å². The summed E-state index contributed by atoms with van der Waals surface area (Å²) in [6.45, 7) is 1.66. The lowest BCUT2D eigenvalue weighted by molar-refractivity contribution is 0.0429. The predicted octanol–water partition coefficient (Wildman–Crippen LogP) is 2.10. The molecule has 0 amide bonds. The first-order valence-corrected chi connectivity index (χ1v) is 7.15. The second-order valence-electron chi connectivity index (χ2n) is 4.92. The third kappa shape index (κ3) is 3.78. The maximum atomic E-state index is 11.4. The molecule has 104 valence electrons. The number of ether oxygens (including phenoxy) is 1. The molecule has 4 nitrogen and oxygen atoms in total. The van der Waals surface area contributed by atoms with Gasteiger partial charge in [0.25, 0.3) is 0 Å². The van der Waals surface area contributed by atoms with Crippen molar-refractivity contribution in [3.8, 4) is 0 Å². The van der Waals surface area contributed by atoms with E-state index in [0.29, 0.717) is 11.5 Å². The van der Waals surface area contributed by atoms with E-state index in [-0.39, 0.29) is 12.1 Å². The molecule has 0 saturated heterocycles. The highest BCUT2D eigenvalue weighted by Crippen LogP contribution is 2.26. The monoisotopic (exact) mass is 327 g/mol. The number of halogens is 1. The van der Waals surface area contributed by atoms with Crippen LogP contribution in [0.2, 0.25) is 0 Å². The number of aliphatic hydroxyl groups excluding tert-OH is 1. The quantitative estimate of drug-likeness (QED) is 0.813. The lowest BCUT2D eigenvalue weighted by atomic mass is 9.82. The molecule has 0 atom stereocenters. The lowest BCUT2D eigenvalue weighted by Crippen LogP contribution is -2.35. The number of rotatable bonds is 5. The Kier molecular flexibility index (Phi) is 4.96. The first-order chi connectivity index (χ1) is 9.10. The molecular formula is C14H18BrNO3. The molecular weight excluding hydrogens is 310 g/mol. The summed E-state index contributed by atoms with van der Waals surface area (Å²) in [6, 6.07) is 5.45. The van der Waals surface area contributed by atoms with E-state index < -0.39 is 0 Å². The molecule has 1 fully saturated rings. The minimum Gasteiger partial charge on any atom is -0.465 e. The molecule has 0 bridgehead atoms. The van der Waals surface area contributed by atoms with Crippen LogP contribution in [-0.2, 0) is 11.3 Å². The lowest BCUT2D eigenvalue weighted by Gasteiger charge is -2.31. The molecule has 0 radical (unpaired) electrons. The average Bonchev–Trinajstić information content (AvgIpc) is 2.37. The van der Waals surface area contributed by atoms with Gasteiger partial charge >= 0.3 is 5.97 Å². The summed E-state index contributed by atoms with van der Waals surface area (Å²) in [5.74, 6) is 0.256. The molecule has 1 aromatic carbocycles. The minimum atomic E-state index is -0.330.